The first-order chi connectivity index (χ1) is 60.4. The lowest BCUT2D eigenvalue weighted by Crippen LogP contribution is -2.37. The van der Waals surface area contributed by atoms with Crippen LogP contribution in [0.25, 0.3) is 76.5 Å². The molecule has 7 aromatic heterocycles. The molecule has 0 saturated carbocycles. The number of fused-ring (bicyclic) bond motifs is 8. The number of anilines is 1. The van der Waals surface area contributed by atoms with Gasteiger partial charge < -0.3 is 47.9 Å². The predicted molar refractivity (Wildman–Crippen MR) is 540 cm³/mol. The molecule has 129 heavy (non-hydrogen) atoms. The van der Waals surface area contributed by atoms with Gasteiger partial charge in [0.2, 0.25) is 5.91 Å². The van der Waals surface area contributed by atoms with E-state index in [0.717, 1.165) is 75.0 Å². The Kier molecular flexibility index (Phi) is 35.0. The van der Waals surface area contributed by atoms with Gasteiger partial charge in [0, 0.05) is 152 Å². The number of hydrogen-bond donors (Lipinski definition) is 13. The highest BCUT2D eigenvalue weighted by molar-refractivity contribution is 5.99. The van der Waals surface area contributed by atoms with Crippen LogP contribution in [0.1, 0.15) is 281 Å². The van der Waals surface area contributed by atoms with Crippen LogP contribution in [0.4, 0.5) is 5.69 Å². The van der Waals surface area contributed by atoms with Gasteiger partial charge in [0.25, 0.3) is 0 Å². The van der Waals surface area contributed by atoms with Gasteiger partial charge >= 0.3 is 0 Å². The molecule has 0 saturated heterocycles. The Bertz CT molecular complexity index is 5690. The highest BCUT2D eigenvalue weighted by atomic mass is 16.1. The van der Waals surface area contributed by atoms with E-state index in [2.05, 4.69) is 460 Å². The molecule has 23 heteroatoms. The van der Waals surface area contributed by atoms with Crippen molar-refractivity contribution in [2.75, 3.05) is 5.32 Å². The topological polar surface area (TPSA) is 305 Å². The first-order valence-corrected chi connectivity index (χ1v) is 45.4. The van der Waals surface area contributed by atoms with E-state index < -0.39 is 0 Å². The Balaban J connectivity index is 0.000000166. The van der Waals surface area contributed by atoms with Gasteiger partial charge in [0.15, 0.2) is 0 Å². The van der Waals surface area contributed by atoms with Crippen molar-refractivity contribution >= 4 is 88.0 Å². The number of hydrogen-bond acceptors (Lipinski definition) is 18. The summed E-state index contributed by atoms with van der Waals surface area (Å²) in [5.41, 5.74) is 21.3. The molecule has 23 nitrogen and oxygen atoms in total. The third kappa shape index (κ3) is 34.4. The van der Waals surface area contributed by atoms with Gasteiger partial charge in [0.05, 0.1) is 40.9 Å². The molecule has 0 radical (unpaired) electrons. The Morgan fingerprint density at radius 3 is 1.26 bits per heavy atom. The minimum absolute atomic E-state index is 0.0898. The van der Waals surface area contributed by atoms with E-state index in [9.17, 15) is 4.79 Å². The molecule has 0 fully saturated rings. The number of benzene rings is 8. The molecule has 1 aliphatic heterocycles. The second-order valence-electron chi connectivity index (χ2n) is 42.1. The van der Waals surface area contributed by atoms with Crippen LogP contribution < -0.4 is 47.9 Å². The number of pyridine rings is 3. The Hall–Kier alpha value is -11.1. The maximum atomic E-state index is 11.3. The fraction of sp³-hybridized carbons (Fsp3) is 0.434. The summed E-state index contributed by atoms with van der Waals surface area (Å²) >= 11 is 0. The zero-order valence-corrected chi connectivity index (χ0v) is 82.4. The second-order valence-corrected chi connectivity index (χ2v) is 42.1. The van der Waals surface area contributed by atoms with Gasteiger partial charge in [-0.3, -0.25) is 29.9 Å². The van der Waals surface area contributed by atoms with Crippen LogP contribution in [0.5, 0.6) is 0 Å². The van der Waals surface area contributed by atoms with Gasteiger partial charge in [-0.25, -0.2) is 0 Å². The lowest BCUT2D eigenvalue weighted by atomic mass is 10.00. The summed E-state index contributed by atoms with van der Waals surface area (Å²) in [5.74, 6) is 0.0913. The van der Waals surface area contributed by atoms with Crippen molar-refractivity contribution in [1.82, 2.24) is 109 Å². The van der Waals surface area contributed by atoms with E-state index in [4.69, 9.17) is 0 Å². The molecule has 688 valence electrons. The van der Waals surface area contributed by atoms with Crippen LogP contribution >= 0.6 is 0 Å². The molecular formula is C106H148N22O. The zero-order valence-electron chi connectivity index (χ0n) is 82.4. The molecule has 0 bridgehead atoms. The summed E-state index contributed by atoms with van der Waals surface area (Å²) in [4.78, 5) is 24.2. The SMILES string of the molecule is CC(C)(C)NCc1ccc2[nH]ncc2c1.CC(C)(C)NCc1cccc2cnccc12.CC(C)(C)NCc1ccnc2ccccc12.CC(NC(C)(C)C)c1ccc2[nH]ncc2c1.CC(NC(C)(C)C)c1ccc2c(c1)CC(=O)N2.C[C@@H](NC(C)(C)C)c1ccc2n[nH]nc2c1.C[C@@H](NC(C)(C)C)c1ccc2n[nH]nc2c1.C[C@@H](NC(C)(C)C)c1ccnc2ccccc12. The molecule has 0 aliphatic carbocycles. The molecule has 5 atom stereocenters. The van der Waals surface area contributed by atoms with Crippen molar-refractivity contribution in [3.8, 4) is 0 Å². The number of rotatable bonds is 16. The standard InChI is InChI=1S/C15H20N2.C14H20N2O.2C14H18N2.C13H19N3.2C12H18N4.C12H17N3/c1-11(17-15(2,3)4)12-9-10-16-14-8-6-5-7-13(12)14;1-9(16-14(2,3)4)10-5-6-12-11(7-10)8-13(17)15-12;1-14(2,3)16-10-12-6-4-5-11-9-15-8-7-13(11)12;1-14(2,3)16-10-11-8-9-15-13-7-5-4-6-12(11)13;1-9(15-13(2,3)4)10-5-6-12-11(7-10)8-14-16-12;2*1-8(13-12(2,3)4)9-5-6-10-11(7-9)15-16-14-10;1-12(2,3)13-7-9-4-5-11-10(6-9)8-14-15-11/h5-11,17H,1-4H3;5-7,9,16H,8H2,1-4H3,(H,15,17);2*4-9,16H,10H2,1-3H3;5-9,15H,1-4H3,(H,14,16);2*5-8,13H,1-4H3,(H,14,15,16);4-6,8,13H,7H2,1-3H3,(H,14,15)/t11-;;;;;2*8-;/m1....11./s1. The van der Waals surface area contributed by atoms with E-state index in [1.54, 1.807) is 0 Å². The van der Waals surface area contributed by atoms with E-state index in [1.807, 2.05) is 67.5 Å². The van der Waals surface area contributed by atoms with Crippen molar-refractivity contribution in [3.63, 3.8) is 0 Å². The van der Waals surface area contributed by atoms with Crippen molar-refractivity contribution in [2.45, 2.75) is 301 Å². The molecule has 1 aliphatic rings. The first-order valence-electron chi connectivity index (χ1n) is 45.4. The van der Waals surface area contributed by atoms with Crippen LogP contribution in [0.3, 0.4) is 0 Å². The summed E-state index contributed by atoms with van der Waals surface area (Å²) in [6.45, 7) is 65.7. The van der Waals surface area contributed by atoms with Crippen molar-refractivity contribution < 1.29 is 4.79 Å². The smallest absolute Gasteiger partial charge is 0.228 e. The van der Waals surface area contributed by atoms with Gasteiger partial charge in [-0.05, 0) is 341 Å². The molecular weight excluding hydrogens is 1600 g/mol. The number of carbonyl (C=O) groups is 1. The van der Waals surface area contributed by atoms with Crippen molar-refractivity contribution in [3.05, 3.63) is 263 Å². The maximum absolute atomic E-state index is 11.3. The number of nitrogens with one attached hydrogen (secondary N) is 13. The molecule has 1 amide bonds. The first kappa shape index (κ1) is 102. The lowest BCUT2D eigenvalue weighted by Gasteiger charge is -2.27. The lowest BCUT2D eigenvalue weighted by molar-refractivity contribution is -0.115. The quantitative estimate of drug-likeness (QED) is 0.0428. The maximum Gasteiger partial charge on any atom is 0.228 e. The van der Waals surface area contributed by atoms with Gasteiger partial charge in [-0.2, -0.15) is 41.0 Å². The van der Waals surface area contributed by atoms with Gasteiger partial charge in [0.1, 0.15) is 22.1 Å². The van der Waals surface area contributed by atoms with E-state index in [0.29, 0.717) is 30.6 Å². The van der Waals surface area contributed by atoms with Crippen LogP contribution in [-0.2, 0) is 30.8 Å². The molecule has 15 aromatic rings. The second kappa shape index (κ2) is 44.5. The fourth-order valence-corrected chi connectivity index (χ4v) is 15.0. The average Bonchev–Trinajstić information content (AvgIpc) is 1.27. The van der Waals surface area contributed by atoms with Crippen LogP contribution in [0, 0.1) is 0 Å². The van der Waals surface area contributed by atoms with Crippen molar-refractivity contribution in [1.29, 1.82) is 0 Å². The van der Waals surface area contributed by atoms with Gasteiger partial charge in [-0.1, -0.05) is 91.0 Å². The van der Waals surface area contributed by atoms with E-state index in [-0.39, 0.29) is 56.3 Å². The third-order valence-corrected chi connectivity index (χ3v) is 20.8. The number of H-pyrrole nitrogens is 4. The molecule has 8 aromatic carbocycles. The predicted octanol–water partition coefficient (Wildman–Crippen LogP) is 22.8. The number of aromatic nitrogens is 13. The zero-order chi connectivity index (χ0) is 94.5. The minimum Gasteiger partial charge on any atom is -0.326 e. The Labute approximate surface area is 767 Å². The average molecular weight is 1750 g/mol. The number of nitrogens with zero attached hydrogens (tertiary/aromatic N) is 9. The third-order valence-electron chi connectivity index (χ3n) is 20.8. The number of aromatic amines is 4. The summed E-state index contributed by atoms with van der Waals surface area (Å²) in [6.07, 6.45) is 11.8. The van der Waals surface area contributed by atoms with Crippen LogP contribution in [-0.4, -0.2) is 116 Å². The molecule has 2 unspecified atom stereocenters. The highest BCUT2D eigenvalue weighted by Gasteiger charge is 2.24. The van der Waals surface area contributed by atoms with E-state index in [1.165, 1.54) is 76.8 Å². The fourth-order valence-electron chi connectivity index (χ4n) is 15.0. The van der Waals surface area contributed by atoms with Gasteiger partial charge in [-0.15, -0.1) is 0 Å². The van der Waals surface area contributed by atoms with E-state index >= 15 is 0 Å². The Morgan fingerprint density at radius 2 is 0.752 bits per heavy atom. The van der Waals surface area contributed by atoms with Crippen LogP contribution in [0.2, 0.25) is 0 Å². The normalized spacial score (nSPS) is 13.7. The Morgan fingerprint density at radius 1 is 0.333 bits per heavy atom. The molecule has 0 spiro atoms. The number of para-hydroxylation sites is 2. The summed E-state index contributed by atoms with van der Waals surface area (Å²) in [6, 6.07) is 62.0. The van der Waals surface area contributed by atoms with Crippen LogP contribution in [0.15, 0.2) is 213 Å². The monoisotopic (exact) mass is 1750 g/mol. The highest BCUT2D eigenvalue weighted by Crippen LogP contribution is 2.30. The molecule has 8 heterocycles. The number of amides is 1. The number of carbonyl (C=O) groups excluding carboxylic acids is 1. The summed E-state index contributed by atoms with van der Waals surface area (Å²) in [7, 11) is 0. The molecule has 16 rings (SSSR count). The summed E-state index contributed by atoms with van der Waals surface area (Å²) in [5, 5.41) is 73.9. The largest absolute Gasteiger partial charge is 0.326 e. The molecule has 13 N–H and O–H groups in total. The minimum atomic E-state index is 0.0898. The van der Waals surface area contributed by atoms with Crippen molar-refractivity contribution in [2.24, 2.45) is 0 Å². The summed E-state index contributed by atoms with van der Waals surface area (Å²) < 4.78 is 0.